The number of halogens is 1. The number of benzene rings is 2. The van der Waals surface area contributed by atoms with Gasteiger partial charge >= 0.3 is 0 Å². The molecule has 0 radical (unpaired) electrons. The average Bonchev–Trinajstić information content (AvgIpc) is 2.51. The number of hydrogen-bond donors (Lipinski definition) is 0. The third-order valence-corrected chi connectivity index (χ3v) is 6.13. The first-order valence-electron chi connectivity index (χ1n) is 6.62. The molecule has 0 saturated carbocycles. The zero-order chi connectivity index (χ0) is 14.9. The van der Waals surface area contributed by atoms with Gasteiger partial charge in [-0.05, 0) is 41.7 Å². The van der Waals surface area contributed by atoms with Crippen LogP contribution in [-0.2, 0) is 5.75 Å². The predicted molar refractivity (Wildman–Crippen MR) is 101 cm³/mol. The van der Waals surface area contributed by atoms with Crippen LogP contribution < -0.4 is 0 Å². The second-order valence-corrected chi connectivity index (χ2v) is 8.21. The predicted octanol–water partition coefficient (Wildman–Crippen LogP) is 6.84. The van der Waals surface area contributed by atoms with Gasteiger partial charge in [-0.25, -0.2) is 0 Å². The van der Waals surface area contributed by atoms with E-state index >= 15 is 0 Å². The summed E-state index contributed by atoms with van der Waals surface area (Å²) in [6.45, 7) is 2.03. The minimum absolute atomic E-state index is 0.855. The second-order valence-electron chi connectivity index (χ2n) is 4.44. The SMILES string of the molecule is Cc1ccc(CSS/C=C\CSc2ccccc2)cc1Cl. The summed E-state index contributed by atoms with van der Waals surface area (Å²) >= 11 is 7.97. The zero-order valence-electron chi connectivity index (χ0n) is 11.8. The minimum Gasteiger partial charge on any atom is -0.122 e. The van der Waals surface area contributed by atoms with Crippen LogP contribution >= 0.6 is 45.0 Å². The van der Waals surface area contributed by atoms with Crippen molar-refractivity contribution in [2.45, 2.75) is 17.6 Å². The van der Waals surface area contributed by atoms with Gasteiger partial charge in [-0.2, -0.15) is 0 Å². The third kappa shape index (κ3) is 6.43. The Morgan fingerprint density at radius 2 is 1.90 bits per heavy atom. The van der Waals surface area contributed by atoms with Crippen molar-refractivity contribution in [3.8, 4) is 0 Å². The van der Waals surface area contributed by atoms with E-state index in [2.05, 4.69) is 53.9 Å². The van der Waals surface area contributed by atoms with Gasteiger partial charge in [0.05, 0.1) is 0 Å². The Morgan fingerprint density at radius 1 is 1.10 bits per heavy atom. The molecule has 0 unspecified atom stereocenters. The van der Waals surface area contributed by atoms with Gasteiger partial charge in [-0.1, -0.05) is 69.6 Å². The van der Waals surface area contributed by atoms with Crippen molar-refractivity contribution >= 4 is 45.0 Å². The number of rotatable bonds is 7. The molecule has 0 N–H and O–H groups in total. The molecule has 0 aliphatic heterocycles. The minimum atomic E-state index is 0.855. The van der Waals surface area contributed by atoms with E-state index in [-0.39, 0.29) is 0 Å². The zero-order valence-corrected chi connectivity index (χ0v) is 15.0. The van der Waals surface area contributed by atoms with Gasteiger partial charge in [-0.15, -0.1) is 11.8 Å². The lowest BCUT2D eigenvalue weighted by molar-refractivity contribution is 1.37. The summed E-state index contributed by atoms with van der Waals surface area (Å²) in [4.78, 5) is 1.31. The topological polar surface area (TPSA) is 0 Å². The smallest absolute Gasteiger partial charge is 0.0438 e. The van der Waals surface area contributed by atoms with Crippen molar-refractivity contribution in [2.24, 2.45) is 0 Å². The van der Waals surface area contributed by atoms with E-state index in [0.717, 1.165) is 22.1 Å². The van der Waals surface area contributed by atoms with E-state index in [9.17, 15) is 0 Å². The lowest BCUT2D eigenvalue weighted by Gasteiger charge is -2.02. The van der Waals surface area contributed by atoms with Gasteiger partial charge in [0.15, 0.2) is 0 Å². The fourth-order valence-corrected chi connectivity index (χ4v) is 4.39. The van der Waals surface area contributed by atoms with Crippen LogP contribution in [-0.4, -0.2) is 5.75 Å². The van der Waals surface area contributed by atoms with E-state index in [1.807, 2.05) is 35.5 Å². The Kier molecular flexibility index (Phi) is 7.65. The maximum Gasteiger partial charge on any atom is 0.0438 e. The van der Waals surface area contributed by atoms with E-state index in [0.29, 0.717) is 0 Å². The molecule has 0 saturated heterocycles. The number of thioether (sulfide) groups is 1. The maximum atomic E-state index is 6.12. The van der Waals surface area contributed by atoms with Crippen LogP contribution in [0.25, 0.3) is 0 Å². The lowest BCUT2D eigenvalue weighted by Crippen LogP contribution is -1.81. The highest BCUT2D eigenvalue weighted by Gasteiger charge is 1.98. The van der Waals surface area contributed by atoms with Gasteiger partial charge in [-0.3, -0.25) is 0 Å². The fourth-order valence-electron chi connectivity index (χ4n) is 1.61. The standard InChI is InChI=1S/C17H17ClS3/c1-14-8-9-15(12-17(14)18)13-21-20-11-5-10-19-16-6-3-2-4-7-16/h2-9,11-12H,10,13H2,1H3/b11-5-. The summed E-state index contributed by atoms with van der Waals surface area (Å²) in [6.07, 6.45) is 2.21. The quantitative estimate of drug-likeness (QED) is 0.304. The molecule has 0 amide bonds. The van der Waals surface area contributed by atoms with Crippen molar-refractivity contribution in [1.82, 2.24) is 0 Å². The Bertz CT molecular complexity index is 582. The summed E-state index contributed by atoms with van der Waals surface area (Å²) in [7, 11) is 3.60. The van der Waals surface area contributed by atoms with E-state index in [1.54, 1.807) is 10.8 Å². The van der Waals surface area contributed by atoms with Crippen molar-refractivity contribution in [2.75, 3.05) is 5.75 Å². The van der Waals surface area contributed by atoms with E-state index in [1.165, 1.54) is 10.5 Å². The highest BCUT2D eigenvalue weighted by atomic mass is 35.5. The maximum absolute atomic E-state index is 6.12. The fraction of sp³-hybridized carbons (Fsp3) is 0.176. The molecule has 0 spiro atoms. The number of aryl methyl sites for hydroxylation is 1. The third-order valence-electron chi connectivity index (χ3n) is 2.77. The molecule has 0 aliphatic rings. The highest BCUT2D eigenvalue weighted by molar-refractivity contribution is 8.77. The van der Waals surface area contributed by atoms with Gasteiger partial charge < -0.3 is 0 Å². The Hall–Kier alpha value is -0.480. The molecule has 4 heteroatoms. The van der Waals surface area contributed by atoms with Crippen LogP contribution in [0.3, 0.4) is 0 Å². The molecule has 2 rings (SSSR count). The molecule has 110 valence electrons. The molecule has 0 nitrogen and oxygen atoms in total. The molecular formula is C17H17ClS3. The Balaban J connectivity index is 1.63. The molecule has 0 fully saturated rings. The summed E-state index contributed by atoms with van der Waals surface area (Å²) in [5, 5.41) is 3.02. The molecule has 21 heavy (non-hydrogen) atoms. The molecule has 0 atom stereocenters. The van der Waals surface area contributed by atoms with E-state index in [4.69, 9.17) is 11.6 Å². The van der Waals surface area contributed by atoms with Crippen molar-refractivity contribution in [3.63, 3.8) is 0 Å². The van der Waals surface area contributed by atoms with Gasteiger partial charge in [0.2, 0.25) is 0 Å². The first-order valence-corrected chi connectivity index (χ1v) is 10.4. The van der Waals surface area contributed by atoms with Crippen molar-refractivity contribution in [3.05, 3.63) is 76.2 Å². The molecule has 0 aliphatic carbocycles. The van der Waals surface area contributed by atoms with Crippen LogP contribution in [0, 0.1) is 6.92 Å². The second kappa shape index (κ2) is 9.52. The van der Waals surface area contributed by atoms with Crippen LogP contribution in [0.15, 0.2) is 64.9 Å². The Labute approximate surface area is 144 Å². The van der Waals surface area contributed by atoms with Crippen LogP contribution in [0.5, 0.6) is 0 Å². The van der Waals surface area contributed by atoms with Crippen LogP contribution in [0.1, 0.15) is 11.1 Å². The van der Waals surface area contributed by atoms with Crippen molar-refractivity contribution < 1.29 is 0 Å². The molecular weight excluding hydrogens is 336 g/mol. The monoisotopic (exact) mass is 352 g/mol. The normalized spacial score (nSPS) is 11.1. The summed E-state index contributed by atoms with van der Waals surface area (Å²) < 4.78 is 0. The van der Waals surface area contributed by atoms with E-state index < -0.39 is 0 Å². The first-order chi connectivity index (χ1) is 10.3. The van der Waals surface area contributed by atoms with Gasteiger partial charge in [0.1, 0.15) is 0 Å². The molecule has 0 heterocycles. The first kappa shape index (κ1) is 16.9. The Morgan fingerprint density at radius 3 is 2.67 bits per heavy atom. The van der Waals surface area contributed by atoms with Crippen LogP contribution in [0.4, 0.5) is 0 Å². The van der Waals surface area contributed by atoms with Crippen molar-refractivity contribution in [1.29, 1.82) is 0 Å². The molecule has 2 aromatic carbocycles. The molecule has 0 bridgehead atoms. The van der Waals surface area contributed by atoms with Crippen LogP contribution in [0.2, 0.25) is 5.02 Å². The number of hydrogen-bond acceptors (Lipinski definition) is 3. The average molecular weight is 353 g/mol. The highest BCUT2D eigenvalue weighted by Crippen LogP contribution is 2.29. The van der Waals surface area contributed by atoms with Gasteiger partial charge in [0.25, 0.3) is 0 Å². The lowest BCUT2D eigenvalue weighted by atomic mass is 10.2. The largest absolute Gasteiger partial charge is 0.122 e. The summed E-state index contributed by atoms with van der Waals surface area (Å²) in [5.74, 6) is 1.98. The summed E-state index contributed by atoms with van der Waals surface area (Å²) in [6, 6.07) is 16.7. The molecule has 2 aromatic rings. The summed E-state index contributed by atoms with van der Waals surface area (Å²) in [5.41, 5.74) is 2.41. The van der Waals surface area contributed by atoms with Gasteiger partial charge in [0, 0.05) is 21.4 Å². The molecule has 0 aromatic heterocycles.